The number of rotatable bonds is 18. The lowest BCUT2D eigenvalue weighted by Crippen LogP contribution is -2.58. The Morgan fingerprint density at radius 2 is 1.40 bits per heavy atom. The number of carbonyl (C=O) groups excluding carboxylic acids is 6. The van der Waals surface area contributed by atoms with E-state index in [9.17, 15) is 38.7 Å². The molecule has 0 spiro atoms. The summed E-state index contributed by atoms with van der Waals surface area (Å²) in [4.78, 5) is 91.1. The van der Waals surface area contributed by atoms with Gasteiger partial charge in [0.1, 0.15) is 12.1 Å². The molecule has 3 aliphatic carbocycles. The lowest BCUT2D eigenvalue weighted by atomic mass is 9.83. The van der Waals surface area contributed by atoms with Crippen molar-refractivity contribution >= 4 is 41.5 Å². The Bertz CT molecular complexity index is 1550. The van der Waals surface area contributed by atoms with Crippen molar-refractivity contribution in [2.75, 3.05) is 13.2 Å². The van der Waals surface area contributed by atoms with E-state index in [0.29, 0.717) is 12.0 Å². The number of hydrogen-bond donors (Lipinski definition) is 6. The highest BCUT2D eigenvalue weighted by Crippen LogP contribution is 2.35. The molecule has 1 aromatic carbocycles. The molecule has 5 amide bonds. The molecule has 3 aliphatic rings. The Morgan fingerprint density at radius 3 is 1.98 bits per heavy atom. The van der Waals surface area contributed by atoms with Gasteiger partial charge in [-0.1, -0.05) is 87.1 Å². The first-order valence-electron chi connectivity index (χ1n) is 18.6. The maximum atomic E-state index is 13.8. The van der Waals surface area contributed by atoms with Crippen molar-refractivity contribution in [1.82, 2.24) is 26.6 Å². The minimum Gasteiger partial charge on any atom is -0.479 e. The van der Waals surface area contributed by atoms with E-state index in [1.54, 1.807) is 18.2 Å². The number of hydrogen-bond acceptors (Lipinski definition) is 8. The second-order valence-electron chi connectivity index (χ2n) is 15.4. The topological polar surface area (TPSA) is 209 Å². The van der Waals surface area contributed by atoms with Gasteiger partial charge < -0.3 is 36.4 Å². The van der Waals surface area contributed by atoms with Crippen LogP contribution in [0.4, 0.5) is 4.79 Å². The number of alkyl carbamates (subject to hydrolysis) is 1. The number of ketones is 1. The summed E-state index contributed by atoms with van der Waals surface area (Å²) in [7, 11) is 0. The normalized spacial score (nSPS) is 18.0. The number of nitrogens with one attached hydrogen (secondary N) is 5. The number of carboxylic acids is 1. The second-order valence-corrected chi connectivity index (χ2v) is 15.4. The molecule has 0 radical (unpaired) electrons. The van der Waals surface area contributed by atoms with Gasteiger partial charge in [-0.25, -0.2) is 9.59 Å². The summed E-state index contributed by atoms with van der Waals surface area (Å²) in [6.45, 7) is 5.01. The van der Waals surface area contributed by atoms with Gasteiger partial charge in [0.25, 0.3) is 5.91 Å². The van der Waals surface area contributed by atoms with Gasteiger partial charge in [-0.15, -0.1) is 0 Å². The summed E-state index contributed by atoms with van der Waals surface area (Å²) < 4.78 is 5.25. The van der Waals surface area contributed by atoms with Crippen LogP contribution in [-0.2, 0) is 33.5 Å². The molecule has 14 nitrogen and oxygen atoms in total. The van der Waals surface area contributed by atoms with Crippen molar-refractivity contribution in [3.63, 3.8) is 0 Å². The molecule has 0 aliphatic heterocycles. The van der Waals surface area contributed by atoms with Gasteiger partial charge in [-0.2, -0.15) is 0 Å². The maximum absolute atomic E-state index is 13.8. The third-order valence-electron chi connectivity index (χ3n) is 9.53. The summed E-state index contributed by atoms with van der Waals surface area (Å²) >= 11 is 0. The van der Waals surface area contributed by atoms with Crippen LogP contribution in [0.15, 0.2) is 30.3 Å². The Hall–Kier alpha value is -4.93. The number of aliphatic carboxylic acids is 1. The minimum atomic E-state index is -1.36. The van der Waals surface area contributed by atoms with Crippen LogP contribution in [0, 0.1) is 35.0 Å². The molecule has 0 saturated heterocycles. The summed E-state index contributed by atoms with van der Waals surface area (Å²) in [6, 6.07) is 3.50. The number of benzene rings is 1. The number of ether oxygens (including phenoxy) is 1. The van der Waals surface area contributed by atoms with Crippen molar-refractivity contribution in [3.8, 4) is 11.8 Å². The molecule has 53 heavy (non-hydrogen) atoms. The quantitative estimate of drug-likeness (QED) is 0.0966. The number of Topliss-reactive ketones (excluding diaryl/α,β-unsaturated/α-hetero) is 1. The zero-order chi connectivity index (χ0) is 38.5. The van der Waals surface area contributed by atoms with E-state index < -0.39 is 72.2 Å². The van der Waals surface area contributed by atoms with Crippen molar-refractivity contribution in [2.45, 2.75) is 116 Å². The zero-order valence-corrected chi connectivity index (χ0v) is 30.8. The standard InChI is InChI=1S/C39H53N5O9/c1-39(2,3)19-10-20-53-38(52)44-31(26-11-6-4-7-12-26)35(48)42-29(22-25-17-18-25)34(47)41-28(21-24-15-16-24)33(46)36(49)40-23-30(45)43-32(37(50)51)27-13-8-5-9-14-27/h5,8-9,13-14,24-26,28-29,31-32H,4,6-7,11-12,15-18,20-23H2,1-3H3,(H,40,49)(H,41,47)(H,42,48)(H,43,45)(H,44,52)(H,50,51). The van der Waals surface area contributed by atoms with Gasteiger partial charge in [0.15, 0.2) is 12.6 Å². The average Bonchev–Trinajstić information content (AvgIpc) is 4.07. The van der Waals surface area contributed by atoms with Gasteiger partial charge in [-0.05, 0) is 69.8 Å². The van der Waals surface area contributed by atoms with E-state index in [1.165, 1.54) is 12.1 Å². The van der Waals surface area contributed by atoms with E-state index in [0.717, 1.165) is 57.8 Å². The van der Waals surface area contributed by atoms with Crippen LogP contribution < -0.4 is 26.6 Å². The van der Waals surface area contributed by atoms with E-state index >= 15 is 0 Å². The van der Waals surface area contributed by atoms with Crippen LogP contribution in [0.25, 0.3) is 0 Å². The SMILES string of the molecule is CC(C)(C)C#CCOC(=O)NC(C(=O)NC(CC1CC1)C(=O)NC(CC1CC1)C(=O)C(=O)NCC(=O)NC(C(=O)O)c1ccccc1)C1CCCCC1. The van der Waals surface area contributed by atoms with Gasteiger partial charge in [0, 0.05) is 5.41 Å². The van der Waals surface area contributed by atoms with Crippen LogP contribution >= 0.6 is 0 Å². The fourth-order valence-corrected chi connectivity index (χ4v) is 6.36. The third-order valence-corrected chi connectivity index (χ3v) is 9.53. The molecule has 3 saturated carbocycles. The second kappa shape index (κ2) is 19.2. The molecule has 4 atom stereocenters. The molecular weight excluding hydrogens is 682 g/mol. The van der Waals surface area contributed by atoms with Gasteiger partial charge in [0.05, 0.1) is 12.6 Å². The first-order chi connectivity index (χ1) is 25.2. The number of carbonyl (C=O) groups is 7. The Kier molecular flexibility index (Phi) is 14.8. The van der Waals surface area contributed by atoms with Crippen LogP contribution in [0.2, 0.25) is 0 Å². The Balaban J connectivity index is 1.39. The fraction of sp³-hybridized carbons (Fsp3) is 0.615. The van der Waals surface area contributed by atoms with Crippen LogP contribution in [0.1, 0.15) is 103 Å². The first-order valence-corrected chi connectivity index (χ1v) is 18.6. The number of amides is 5. The van der Waals surface area contributed by atoms with Crippen LogP contribution in [0.3, 0.4) is 0 Å². The molecule has 1 aromatic rings. The van der Waals surface area contributed by atoms with E-state index in [4.69, 9.17) is 4.74 Å². The number of carboxylic acid groups (broad SMARTS) is 1. The highest BCUT2D eigenvalue weighted by atomic mass is 16.5. The summed E-state index contributed by atoms with van der Waals surface area (Å²) in [5.74, 6) is 0.639. The predicted molar refractivity (Wildman–Crippen MR) is 194 cm³/mol. The summed E-state index contributed by atoms with van der Waals surface area (Å²) in [5.41, 5.74) is 0.0679. The smallest absolute Gasteiger partial charge is 0.408 e. The lowest BCUT2D eigenvalue weighted by Gasteiger charge is -2.31. The average molecular weight is 736 g/mol. The third kappa shape index (κ3) is 14.2. The molecule has 288 valence electrons. The first kappa shape index (κ1) is 40.8. The van der Waals surface area contributed by atoms with Crippen LogP contribution in [-0.4, -0.2) is 77.9 Å². The fourth-order valence-electron chi connectivity index (χ4n) is 6.36. The van der Waals surface area contributed by atoms with Crippen molar-refractivity contribution < 1.29 is 43.4 Å². The predicted octanol–water partition coefficient (Wildman–Crippen LogP) is 2.91. The zero-order valence-electron chi connectivity index (χ0n) is 30.8. The van der Waals surface area contributed by atoms with Gasteiger partial charge >= 0.3 is 12.1 Å². The molecule has 4 rings (SSSR count). The molecule has 0 heterocycles. The van der Waals surface area contributed by atoms with Gasteiger partial charge in [0.2, 0.25) is 23.5 Å². The van der Waals surface area contributed by atoms with Crippen molar-refractivity contribution in [1.29, 1.82) is 0 Å². The molecular formula is C39H53N5O9. The highest BCUT2D eigenvalue weighted by Gasteiger charge is 2.39. The van der Waals surface area contributed by atoms with Crippen molar-refractivity contribution in [2.24, 2.45) is 23.2 Å². The monoisotopic (exact) mass is 735 g/mol. The Morgan fingerprint density at radius 1 is 0.792 bits per heavy atom. The minimum absolute atomic E-state index is 0.123. The maximum Gasteiger partial charge on any atom is 0.408 e. The van der Waals surface area contributed by atoms with Crippen LogP contribution in [0.5, 0.6) is 0 Å². The van der Waals surface area contributed by atoms with E-state index in [2.05, 4.69) is 38.4 Å². The van der Waals surface area contributed by atoms with Gasteiger partial charge in [-0.3, -0.25) is 24.0 Å². The summed E-state index contributed by atoms with van der Waals surface area (Å²) in [6.07, 6.45) is 7.43. The highest BCUT2D eigenvalue weighted by molar-refractivity contribution is 6.38. The van der Waals surface area contributed by atoms with Crippen molar-refractivity contribution in [3.05, 3.63) is 35.9 Å². The Labute approximate surface area is 310 Å². The molecule has 4 unspecified atom stereocenters. The molecule has 6 N–H and O–H groups in total. The lowest BCUT2D eigenvalue weighted by molar-refractivity contribution is -0.142. The molecule has 14 heteroatoms. The summed E-state index contributed by atoms with van der Waals surface area (Å²) in [5, 5.41) is 22.4. The van der Waals surface area contributed by atoms with E-state index in [1.807, 2.05) is 20.8 Å². The van der Waals surface area contributed by atoms with E-state index in [-0.39, 0.29) is 36.2 Å². The largest absolute Gasteiger partial charge is 0.479 e. The molecule has 3 fully saturated rings. The molecule has 0 aromatic heterocycles. The molecule has 0 bridgehead atoms.